The molecule has 10 heteroatoms. The summed E-state index contributed by atoms with van der Waals surface area (Å²) in [7, 11) is -2.75. The number of ketones is 2. The summed E-state index contributed by atoms with van der Waals surface area (Å²) in [6.07, 6.45) is 0. The Kier molecular flexibility index (Phi) is 6.77. The Hall–Kier alpha value is -4.21. The van der Waals surface area contributed by atoms with Crippen LogP contribution in [0.3, 0.4) is 0 Å². The molecule has 0 spiro atoms. The lowest BCUT2D eigenvalue weighted by Crippen LogP contribution is -2.41. The maximum atomic E-state index is 13.5. The van der Waals surface area contributed by atoms with Crippen LogP contribution in [0.25, 0.3) is 16.5 Å². The quantitative estimate of drug-likeness (QED) is 0.174. The second kappa shape index (κ2) is 9.69. The van der Waals surface area contributed by atoms with Crippen molar-refractivity contribution in [2.45, 2.75) is 13.8 Å². The molecular formula is C27H22BF4NO4. The number of rotatable bonds is 3. The van der Waals surface area contributed by atoms with E-state index in [1.807, 2.05) is 48.7 Å². The molecule has 1 aliphatic rings. The third-order valence-corrected chi connectivity index (χ3v) is 6.15. The minimum atomic E-state index is -6.00. The Morgan fingerprint density at radius 2 is 1.35 bits per heavy atom. The molecule has 0 atom stereocenters. The van der Waals surface area contributed by atoms with E-state index in [0.717, 1.165) is 22.2 Å². The number of hydrogen-bond donors (Lipinski definition) is 0. The number of methoxy groups -OCH3 is 2. The Bertz CT molecular complexity index is 1560. The van der Waals surface area contributed by atoms with Gasteiger partial charge in [0, 0.05) is 54.1 Å². The van der Waals surface area contributed by atoms with Gasteiger partial charge in [-0.15, -0.1) is 0 Å². The Labute approximate surface area is 210 Å². The van der Waals surface area contributed by atoms with Gasteiger partial charge in [-0.25, -0.2) is 0 Å². The van der Waals surface area contributed by atoms with E-state index in [2.05, 4.69) is 0 Å². The Morgan fingerprint density at radius 1 is 0.757 bits per heavy atom. The average molecular weight is 511 g/mol. The Balaban J connectivity index is 0.000000586. The topological polar surface area (TPSA) is 56.5 Å². The highest BCUT2D eigenvalue weighted by Crippen LogP contribution is 2.35. The number of carbonyl (C=O) groups excluding carboxylic acids is 2. The molecular weight excluding hydrogens is 489 g/mol. The third kappa shape index (κ3) is 4.79. The average Bonchev–Trinajstić information content (AvgIpc) is 2.85. The predicted octanol–water partition coefficient (Wildman–Crippen LogP) is 5.83. The fourth-order valence-electron chi connectivity index (χ4n) is 4.74. The fourth-order valence-corrected chi connectivity index (χ4v) is 4.74. The first-order chi connectivity index (χ1) is 17.5. The molecule has 0 saturated heterocycles. The van der Waals surface area contributed by atoms with E-state index < -0.39 is 7.25 Å². The van der Waals surface area contributed by atoms with Crippen molar-refractivity contribution in [3.63, 3.8) is 0 Å². The molecule has 5 nitrogen and oxygen atoms in total. The van der Waals surface area contributed by atoms with Gasteiger partial charge >= 0.3 is 7.25 Å². The molecule has 0 fully saturated rings. The number of pyridine rings is 1. The van der Waals surface area contributed by atoms with Crippen LogP contribution in [0.5, 0.6) is 11.5 Å². The van der Waals surface area contributed by atoms with Crippen LogP contribution < -0.4 is 14.0 Å². The summed E-state index contributed by atoms with van der Waals surface area (Å²) in [5.41, 5.74) is 4.28. The summed E-state index contributed by atoms with van der Waals surface area (Å²) in [5.74, 6) is 1.12. The molecule has 37 heavy (non-hydrogen) atoms. The summed E-state index contributed by atoms with van der Waals surface area (Å²) >= 11 is 0. The zero-order valence-corrected chi connectivity index (χ0v) is 20.4. The largest absolute Gasteiger partial charge is 0.673 e. The van der Waals surface area contributed by atoms with Gasteiger partial charge in [0.05, 0.1) is 19.6 Å². The molecule has 1 heterocycles. The van der Waals surface area contributed by atoms with Crippen LogP contribution in [0.2, 0.25) is 0 Å². The number of aryl methyl sites for hydroxylation is 2. The maximum absolute atomic E-state index is 13.5. The third-order valence-electron chi connectivity index (χ3n) is 6.15. The lowest BCUT2D eigenvalue weighted by atomic mass is 9.83. The van der Waals surface area contributed by atoms with E-state index >= 15 is 0 Å². The standard InChI is InChI=1S/C27H22NO4.BF4/c1-15-12-17-13-18(31-3)14-23(32-4)24(17)16(2)28(15)22-11-7-10-21-25(22)27(30)20-9-6-5-8-19(20)26(21)29;2-1(3,4)5/h5-14H,1-4H3;/q+1;-1. The normalized spacial score (nSPS) is 12.4. The zero-order chi connectivity index (χ0) is 27.1. The smallest absolute Gasteiger partial charge is 0.497 e. The van der Waals surface area contributed by atoms with Crippen LogP contribution in [-0.2, 0) is 0 Å². The van der Waals surface area contributed by atoms with Crippen LogP contribution in [0.4, 0.5) is 17.3 Å². The number of carbonyl (C=O) groups is 2. The minimum absolute atomic E-state index is 0.129. The van der Waals surface area contributed by atoms with Gasteiger partial charge in [-0.2, -0.15) is 4.57 Å². The number of fused-ring (bicyclic) bond motifs is 3. The number of ether oxygens (including phenoxy) is 2. The van der Waals surface area contributed by atoms with Crippen molar-refractivity contribution in [3.05, 3.63) is 94.3 Å². The second-order valence-corrected chi connectivity index (χ2v) is 8.40. The molecule has 0 saturated carbocycles. The molecule has 0 radical (unpaired) electrons. The van der Waals surface area contributed by atoms with Crippen LogP contribution in [0, 0.1) is 13.8 Å². The van der Waals surface area contributed by atoms with Crippen molar-refractivity contribution in [1.82, 2.24) is 0 Å². The molecule has 0 N–H and O–H groups in total. The van der Waals surface area contributed by atoms with Gasteiger partial charge in [-0.3, -0.25) is 9.59 Å². The van der Waals surface area contributed by atoms with Crippen molar-refractivity contribution in [2.24, 2.45) is 0 Å². The molecule has 1 aromatic heterocycles. The second-order valence-electron chi connectivity index (χ2n) is 8.40. The first-order valence-electron chi connectivity index (χ1n) is 11.2. The van der Waals surface area contributed by atoms with Crippen molar-refractivity contribution in [3.8, 4) is 17.2 Å². The summed E-state index contributed by atoms with van der Waals surface area (Å²) in [6, 6.07) is 18.3. The minimum Gasteiger partial charge on any atom is -0.497 e. The lowest BCUT2D eigenvalue weighted by molar-refractivity contribution is -0.608. The van der Waals surface area contributed by atoms with Gasteiger partial charge < -0.3 is 26.7 Å². The van der Waals surface area contributed by atoms with E-state index in [1.165, 1.54) is 0 Å². The molecule has 4 aromatic rings. The number of aromatic nitrogens is 1. The Morgan fingerprint density at radius 3 is 1.95 bits per heavy atom. The van der Waals surface area contributed by atoms with E-state index in [0.29, 0.717) is 39.4 Å². The molecule has 1 aliphatic carbocycles. The van der Waals surface area contributed by atoms with Crippen molar-refractivity contribution in [1.29, 1.82) is 0 Å². The van der Waals surface area contributed by atoms with E-state index in [9.17, 15) is 26.9 Å². The van der Waals surface area contributed by atoms with Gasteiger partial charge in [-0.05, 0) is 12.1 Å². The zero-order valence-electron chi connectivity index (χ0n) is 20.4. The number of hydrogen-bond acceptors (Lipinski definition) is 4. The molecule has 0 bridgehead atoms. The molecule has 3 aromatic carbocycles. The highest BCUT2D eigenvalue weighted by atomic mass is 19.5. The maximum Gasteiger partial charge on any atom is 0.673 e. The first-order valence-corrected chi connectivity index (χ1v) is 11.2. The first kappa shape index (κ1) is 25.9. The SMILES string of the molecule is COc1cc(OC)c2c(C)[n+](-c3cccc4c3C(=O)c3ccccc3C4=O)c(C)cc2c1.F[B-](F)(F)F. The highest BCUT2D eigenvalue weighted by Gasteiger charge is 2.36. The van der Waals surface area contributed by atoms with Crippen LogP contribution >= 0.6 is 0 Å². The van der Waals surface area contributed by atoms with Crippen LogP contribution in [0.15, 0.2) is 60.7 Å². The summed E-state index contributed by atoms with van der Waals surface area (Å²) in [5, 5.41) is 1.90. The van der Waals surface area contributed by atoms with Gasteiger partial charge in [0.15, 0.2) is 17.2 Å². The lowest BCUT2D eigenvalue weighted by Gasteiger charge is -2.19. The van der Waals surface area contributed by atoms with Crippen molar-refractivity contribution in [2.75, 3.05) is 14.2 Å². The van der Waals surface area contributed by atoms with Crippen molar-refractivity contribution >= 4 is 29.6 Å². The number of benzene rings is 3. The van der Waals surface area contributed by atoms with E-state index in [-0.39, 0.29) is 11.6 Å². The van der Waals surface area contributed by atoms with Gasteiger partial charge in [0.1, 0.15) is 17.1 Å². The summed E-state index contributed by atoms with van der Waals surface area (Å²) in [4.78, 5) is 26.7. The highest BCUT2D eigenvalue weighted by molar-refractivity contribution is 6.50. The van der Waals surface area contributed by atoms with Crippen LogP contribution in [0.1, 0.15) is 43.2 Å². The van der Waals surface area contributed by atoms with Gasteiger partial charge in [0.25, 0.3) is 0 Å². The van der Waals surface area contributed by atoms with Crippen molar-refractivity contribution < 1.29 is 40.9 Å². The van der Waals surface area contributed by atoms with E-state index in [4.69, 9.17) is 9.47 Å². The van der Waals surface area contributed by atoms with E-state index in [1.54, 1.807) is 44.6 Å². The fraction of sp³-hybridized carbons (Fsp3) is 0.148. The number of halogens is 4. The molecule has 5 rings (SSSR count). The molecule has 0 unspecified atom stereocenters. The number of nitrogens with zero attached hydrogens (tertiary/aromatic N) is 1. The summed E-state index contributed by atoms with van der Waals surface area (Å²) in [6.45, 7) is 3.98. The predicted molar refractivity (Wildman–Crippen MR) is 132 cm³/mol. The summed E-state index contributed by atoms with van der Waals surface area (Å²) < 4.78 is 52.1. The molecule has 190 valence electrons. The van der Waals surface area contributed by atoms with Crippen LogP contribution in [-0.4, -0.2) is 33.0 Å². The van der Waals surface area contributed by atoms with Gasteiger partial charge in [0.2, 0.25) is 11.5 Å². The monoisotopic (exact) mass is 511 g/mol. The van der Waals surface area contributed by atoms with Gasteiger partial charge in [-0.1, -0.05) is 30.3 Å². The molecule has 0 aliphatic heterocycles. The molecule has 0 amide bonds.